The third-order valence-corrected chi connectivity index (χ3v) is 4.08. The Labute approximate surface area is 132 Å². The highest BCUT2D eigenvalue weighted by molar-refractivity contribution is 7.15. The molecule has 0 fully saturated rings. The number of fused-ring (bicyclic) bond motifs is 1. The monoisotopic (exact) mass is 315 g/mol. The van der Waals surface area contributed by atoms with Gasteiger partial charge in [0.25, 0.3) is 5.91 Å². The molecule has 0 saturated heterocycles. The predicted molar refractivity (Wildman–Crippen MR) is 88.0 cm³/mol. The van der Waals surface area contributed by atoms with Crippen LogP contribution in [-0.4, -0.2) is 21.4 Å². The maximum Gasteiger partial charge on any atom is 0.276 e. The highest BCUT2D eigenvalue weighted by Crippen LogP contribution is 2.25. The SMILES string of the molecule is Cc1csc2nc(C(=O)Nc3ccccc3OC(C)C)cn12. The van der Waals surface area contributed by atoms with Crippen molar-refractivity contribution in [1.82, 2.24) is 9.38 Å². The van der Waals surface area contributed by atoms with E-state index in [9.17, 15) is 4.79 Å². The lowest BCUT2D eigenvalue weighted by Gasteiger charge is -2.14. The molecule has 6 heteroatoms. The van der Waals surface area contributed by atoms with Crippen LogP contribution in [0.2, 0.25) is 0 Å². The first kappa shape index (κ1) is 14.6. The summed E-state index contributed by atoms with van der Waals surface area (Å²) in [5.74, 6) is 0.415. The zero-order valence-corrected chi connectivity index (χ0v) is 13.5. The van der Waals surface area contributed by atoms with Crippen LogP contribution in [0, 0.1) is 6.92 Å². The van der Waals surface area contributed by atoms with E-state index in [1.165, 1.54) is 11.3 Å². The lowest BCUT2D eigenvalue weighted by molar-refractivity contribution is 0.102. The molecule has 3 rings (SSSR count). The lowest BCUT2D eigenvalue weighted by atomic mass is 10.2. The van der Waals surface area contributed by atoms with Gasteiger partial charge >= 0.3 is 0 Å². The minimum Gasteiger partial charge on any atom is -0.489 e. The number of para-hydroxylation sites is 2. The topological polar surface area (TPSA) is 55.6 Å². The fourth-order valence-corrected chi connectivity index (χ4v) is 2.97. The van der Waals surface area contributed by atoms with Crippen LogP contribution < -0.4 is 10.1 Å². The Bertz CT molecular complexity index is 820. The van der Waals surface area contributed by atoms with Gasteiger partial charge in [-0.25, -0.2) is 4.98 Å². The van der Waals surface area contributed by atoms with Crippen LogP contribution in [-0.2, 0) is 0 Å². The molecule has 0 aliphatic carbocycles. The number of imidazole rings is 1. The molecule has 5 nitrogen and oxygen atoms in total. The highest BCUT2D eigenvalue weighted by atomic mass is 32.1. The number of aromatic nitrogens is 2. The van der Waals surface area contributed by atoms with Gasteiger partial charge in [0, 0.05) is 17.3 Å². The average molecular weight is 315 g/mol. The summed E-state index contributed by atoms with van der Waals surface area (Å²) in [7, 11) is 0. The molecule has 1 N–H and O–H groups in total. The number of rotatable bonds is 4. The maximum absolute atomic E-state index is 12.4. The Morgan fingerprint density at radius 3 is 2.86 bits per heavy atom. The molecule has 1 aromatic carbocycles. The van der Waals surface area contributed by atoms with E-state index in [0.717, 1.165) is 10.7 Å². The van der Waals surface area contributed by atoms with Crippen LogP contribution in [0.4, 0.5) is 5.69 Å². The summed E-state index contributed by atoms with van der Waals surface area (Å²) < 4.78 is 7.62. The van der Waals surface area contributed by atoms with Crippen LogP contribution in [0.15, 0.2) is 35.8 Å². The molecule has 3 aromatic rings. The van der Waals surface area contributed by atoms with Crippen LogP contribution in [0.3, 0.4) is 0 Å². The Morgan fingerprint density at radius 1 is 1.36 bits per heavy atom. The average Bonchev–Trinajstić information content (AvgIpc) is 3.03. The molecule has 0 aliphatic rings. The molecule has 0 unspecified atom stereocenters. The van der Waals surface area contributed by atoms with E-state index in [1.54, 1.807) is 6.20 Å². The molecule has 0 spiro atoms. The molecular weight excluding hydrogens is 298 g/mol. The van der Waals surface area contributed by atoms with Gasteiger partial charge < -0.3 is 10.1 Å². The molecule has 0 bridgehead atoms. The summed E-state index contributed by atoms with van der Waals surface area (Å²) in [6.45, 7) is 5.88. The number of carbonyl (C=O) groups excluding carboxylic acids is 1. The summed E-state index contributed by atoms with van der Waals surface area (Å²) in [4.78, 5) is 17.6. The zero-order chi connectivity index (χ0) is 15.7. The van der Waals surface area contributed by atoms with E-state index in [2.05, 4.69) is 10.3 Å². The molecule has 2 aromatic heterocycles. The van der Waals surface area contributed by atoms with Crippen molar-refractivity contribution >= 4 is 27.9 Å². The fourth-order valence-electron chi connectivity index (χ4n) is 2.12. The smallest absolute Gasteiger partial charge is 0.276 e. The van der Waals surface area contributed by atoms with Gasteiger partial charge in [0.15, 0.2) is 4.96 Å². The number of carbonyl (C=O) groups is 1. The summed E-state index contributed by atoms with van der Waals surface area (Å²) in [6, 6.07) is 7.40. The number of amides is 1. The van der Waals surface area contributed by atoms with E-state index in [1.807, 2.05) is 54.8 Å². The Kier molecular flexibility index (Phi) is 3.85. The Hall–Kier alpha value is -2.34. The van der Waals surface area contributed by atoms with Gasteiger partial charge in [-0.15, -0.1) is 11.3 Å². The van der Waals surface area contributed by atoms with Crippen molar-refractivity contribution in [1.29, 1.82) is 0 Å². The minimum absolute atomic E-state index is 0.0404. The number of hydrogen-bond donors (Lipinski definition) is 1. The largest absolute Gasteiger partial charge is 0.489 e. The van der Waals surface area contributed by atoms with Gasteiger partial charge in [0.1, 0.15) is 11.4 Å². The van der Waals surface area contributed by atoms with Crippen molar-refractivity contribution < 1.29 is 9.53 Å². The number of thiazole rings is 1. The second kappa shape index (κ2) is 5.81. The summed E-state index contributed by atoms with van der Waals surface area (Å²) in [6.07, 6.45) is 1.79. The quantitative estimate of drug-likeness (QED) is 0.798. The first-order chi connectivity index (χ1) is 10.5. The van der Waals surface area contributed by atoms with Gasteiger partial charge in [-0.2, -0.15) is 0 Å². The normalized spacial score (nSPS) is 11.1. The van der Waals surface area contributed by atoms with Crippen molar-refractivity contribution in [2.75, 3.05) is 5.32 Å². The summed E-state index contributed by atoms with van der Waals surface area (Å²) in [5, 5.41) is 4.88. The third-order valence-electron chi connectivity index (χ3n) is 3.12. The predicted octanol–water partition coefficient (Wildman–Crippen LogP) is 3.74. The molecule has 114 valence electrons. The second-order valence-corrected chi connectivity index (χ2v) is 6.11. The fraction of sp³-hybridized carbons (Fsp3) is 0.250. The van der Waals surface area contributed by atoms with Crippen molar-refractivity contribution in [3.05, 3.63) is 47.2 Å². The first-order valence-corrected chi connectivity index (χ1v) is 7.93. The van der Waals surface area contributed by atoms with Crippen LogP contribution in [0.1, 0.15) is 30.0 Å². The zero-order valence-electron chi connectivity index (χ0n) is 12.7. The number of aryl methyl sites for hydroxylation is 1. The third kappa shape index (κ3) is 2.82. The van der Waals surface area contributed by atoms with Gasteiger partial charge in [-0.3, -0.25) is 9.20 Å². The van der Waals surface area contributed by atoms with E-state index in [0.29, 0.717) is 17.1 Å². The molecule has 22 heavy (non-hydrogen) atoms. The standard InChI is InChI=1S/C16H17N3O2S/c1-10(2)21-14-7-5-4-6-12(14)17-15(20)13-8-19-11(3)9-22-16(19)18-13/h4-10H,1-3H3,(H,17,20). The van der Waals surface area contributed by atoms with Gasteiger partial charge in [-0.1, -0.05) is 12.1 Å². The van der Waals surface area contributed by atoms with E-state index >= 15 is 0 Å². The van der Waals surface area contributed by atoms with Crippen LogP contribution in [0.25, 0.3) is 4.96 Å². The van der Waals surface area contributed by atoms with Crippen molar-refractivity contribution in [2.45, 2.75) is 26.9 Å². The van der Waals surface area contributed by atoms with Crippen molar-refractivity contribution in [2.24, 2.45) is 0 Å². The molecule has 2 heterocycles. The van der Waals surface area contributed by atoms with Gasteiger partial charge in [-0.05, 0) is 32.9 Å². The maximum atomic E-state index is 12.4. The number of ether oxygens (including phenoxy) is 1. The molecule has 0 atom stereocenters. The van der Waals surface area contributed by atoms with Crippen molar-refractivity contribution in [3.8, 4) is 5.75 Å². The summed E-state index contributed by atoms with van der Waals surface area (Å²) in [5.41, 5.74) is 2.11. The van der Waals surface area contributed by atoms with E-state index < -0.39 is 0 Å². The lowest BCUT2D eigenvalue weighted by Crippen LogP contribution is -2.14. The second-order valence-electron chi connectivity index (χ2n) is 5.27. The molecule has 0 radical (unpaired) electrons. The van der Waals surface area contributed by atoms with Gasteiger partial charge in [0.05, 0.1) is 11.8 Å². The molecule has 0 aliphatic heterocycles. The highest BCUT2D eigenvalue weighted by Gasteiger charge is 2.15. The van der Waals surface area contributed by atoms with Crippen LogP contribution in [0.5, 0.6) is 5.75 Å². The molecular formula is C16H17N3O2S. The van der Waals surface area contributed by atoms with Crippen LogP contribution >= 0.6 is 11.3 Å². The first-order valence-electron chi connectivity index (χ1n) is 7.05. The Balaban J connectivity index is 1.84. The van der Waals surface area contributed by atoms with E-state index in [-0.39, 0.29) is 12.0 Å². The number of anilines is 1. The summed E-state index contributed by atoms with van der Waals surface area (Å²) >= 11 is 1.52. The Morgan fingerprint density at radius 2 is 2.14 bits per heavy atom. The molecule has 0 saturated carbocycles. The van der Waals surface area contributed by atoms with Gasteiger partial charge in [0.2, 0.25) is 0 Å². The number of hydrogen-bond acceptors (Lipinski definition) is 4. The van der Waals surface area contributed by atoms with Crippen molar-refractivity contribution in [3.63, 3.8) is 0 Å². The number of nitrogens with zero attached hydrogens (tertiary/aromatic N) is 2. The number of nitrogens with one attached hydrogen (secondary N) is 1. The number of benzene rings is 1. The minimum atomic E-state index is -0.241. The molecule has 1 amide bonds. The van der Waals surface area contributed by atoms with E-state index in [4.69, 9.17) is 4.74 Å².